The molecule has 0 aliphatic carbocycles. The number of hydrogen-bond acceptors (Lipinski definition) is 6. The normalized spacial score (nSPS) is 30.6. The van der Waals surface area contributed by atoms with Crippen molar-refractivity contribution >= 4 is 44.8 Å². The highest BCUT2D eigenvalue weighted by Crippen LogP contribution is 2.35. The molecule has 2 atom stereocenters. The molecule has 7 heteroatoms. The average molecular weight is 403 g/mol. The highest BCUT2D eigenvalue weighted by atomic mass is 32.2. The molecule has 2 bridgehead atoms. The van der Waals surface area contributed by atoms with Crippen LogP contribution in [0.25, 0.3) is 10.1 Å². The molecule has 27 heavy (non-hydrogen) atoms. The minimum Gasteiger partial charge on any atom is -0.369 e. The Morgan fingerprint density at radius 3 is 2.74 bits per heavy atom. The van der Waals surface area contributed by atoms with E-state index in [0.29, 0.717) is 17.7 Å². The second-order valence-corrected chi connectivity index (χ2v) is 10.0. The molecule has 0 saturated carbocycles. The van der Waals surface area contributed by atoms with Crippen LogP contribution in [0.3, 0.4) is 0 Å². The van der Waals surface area contributed by atoms with Gasteiger partial charge in [-0.05, 0) is 44.8 Å². The molecule has 0 spiro atoms. The second-order valence-electron chi connectivity index (χ2n) is 7.90. The van der Waals surface area contributed by atoms with Gasteiger partial charge >= 0.3 is 0 Å². The number of carbonyl (C=O) groups is 1. The number of fused-ring (bicyclic) bond motifs is 4. The molecule has 2 aromatic heterocycles. The van der Waals surface area contributed by atoms with E-state index in [1.165, 1.54) is 48.5 Å². The van der Waals surface area contributed by atoms with Crippen LogP contribution < -0.4 is 10.2 Å². The quantitative estimate of drug-likeness (QED) is 0.855. The van der Waals surface area contributed by atoms with E-state index in [0.717, 1.165) is 17.8 Å². The van der Waals surface area contributed by atoms with Gasteiger partial charge in [0.1, 0.15) is 5.69 Å². The number of nitrogens with zero attached hydrogens (tertiary/aromatic N) is 3. The van der Waals surface area contributed by atoms with Crippen molar-refractivity contribution in [1.29, 1.82) is 0 Å². The fourth-order valence-corrected chi connectivity index (χ4v) is 6.69. The Labute approximate surface area is 168 Å². The number of anilines is 1. The maximum atomic E-state index is 13.0. The van der Waals surface area contributed by atoms with Crippen LogP contribution in [0, 0.1) is 5.92 Å². The Bertz CT molecular complexity index is 838. The Kier molecular flexibility index (Phi) is 4.78. The first-order valence-electron chi connectivity index (χ1n) is 9.95. The SMILES string of the molecule is C[C@@H]1[C@H](NC(=O)c2cc3c(N4CCSCC4)csc3cn2)C2CCN1CC2. The third-order valence-corrected chi connectivity index (χ3v) is 8.36. The zero-order valence-corrected chi connectivity index (χ0v) is 17.3. The topological polar surface area (TPSA) is 48.5 Å². The fraction of sp³-hybridized carbons (Fsp3) is 0.600. The summed E-state index contributed by atoms with van der Waals surface area (Å²) in [5.74, 6) is 2.94. The highest BCUT2D eigenvalue weighted by molar-refractivity contribution is 7.99. The summed E-state index contributed by atoms with van der Waals surface area (Å²) in [5, 5.41) is 6.71. The molecule has 1 N–H and O–H groups in total. The van der Waals surface area contributed by atoms with Crippen LogP contribution in [0.2, 0.25) is 0 Å². The molecule has 6 heterocycles. The number of hydrogen-bond donors (Lipinski definition) is 1. The number of aromatic nitrogens is 1. The van der Waals surface area contributed by atoms with Crippen molar-refractivity contribution in [3.8, 4) is 0 Å². The van der Waals surface area contributed by atoms with Crippen molar-refractivity contribution < 1.29 is 4.79 Å². The van der Waals surface area contributed by atoms with Crippen LogP contribution >= 0.6 is 23.1 Å². The smallest absolute Gasteiger partial charge is 0.270 e. The van der Waals surface area contributed by atoms with Crippen molar-refractivity contribution in [2.24, 2.45) is 5.92 Å². The fourth-order valence-electron chi connectivity index (χ4n) is 4.86. The van der Waals surface area contributed by atoms with Crippen LogP contribution in [0.5, 0.6) is 0 Å². The van der Waals surface area contributed by atoms with E-state index in [1.807, 2.05) is 24.0 Å². The predicted molar refractivity (Wildman–Crippen MR) is 114 cm³/mol. The van der Waals surface area contributed by atoms with Crippen molar-refractivity contribution in [1.82, 2.24) is 15.2 Å². The first kappa shape index (κ1) is 17.8. The van der Waals surface area contributed by atoms with Gasteiger partial charge in [0.05, 0.1) is 10.4 Å². The van der Waals surface area contributed by atoms with Gasteiger partial charge < -0.3 is 10.2 Å². The van der Waals surface area contributed by atoms with Crippen LogP contribution in [-0.2, 0) is 0 Å². The molecule has 2 aromatic rings. The van der Waals surface area contributed by atoms with Crippen molar-refractivity contribution in [2.45, 2.75) is 31.8 Å². The van der Waals surface area contributed by atoms with Gasteiger partial charge in [-0.15, -0.1) is 11.3 Å². The molecule has 0 aromatic carbocycles. The molecular weight excluding hydrogens is 376 g/mol. The maximum Gasteiger partial charge on any atom is 0.270 e. The Balaban J connectivity index is 1.38. The maximum absolute atomic E-state index is 13.0. The third kappa shape index (κ3) is 3.23. The lowest BCUT2D eigenvalue weighted by molar-refractivity contribution is 0.0216. The molecule has 0 radical (unpaired) electrons. The molecule has 4 aliphatic rings. The molecule has 144 valence electrons. The molecule has 1 amide bonds. The summed E-state index contributed by atoms with van der Waals surface area (Å²) >= 11 is 3.74. The Morgan fingerprint density at radius 1 is 1.22 bits per heavy atom. The van der Waals surface area contributed by atoms with Gasteiger partial charge in [0, 0.05) is 53.6 Å². The van der Waals surface area contributed by atoms with E-state index < -0.39 is 0 Å². The van der Waals surface area contributed by atoms with Crippen LogP contribution in [0.15, 0.2) is 17.6 Å². The molecule has 0 unspecified atom stereocenters. The summed E-state index contributed by atoms with van der Waals surface area (Å²) in [7, 11) is 0. The Morgan fingerprint density at radius 2 is 2.00 bits per heavy atom. The molecule has 6 rings (SSSR count). The second kappa shape index (κ2) is 7.26. The summed E-state index contributed by atoms with van der Waals surface area (Å²) in [6, 6.07) is 2.68. The number of amides is 1. The van der Waals surface area contributed by atoms with E-state index in [9.17, 15) is 4.79 Å². The van der Waals surface area contributed by atoms with E-state index >= 15 is 0 Å². The number of rotatable bonds is 3. The van der Waals surface area contributed by atoms with Crippen molar-refractivity contribution in [3.63, 3.8) is 0 Å². The summed E-state index contributed by atoms with van der Waals surface area (Å²) in [4.78, 5) is 22.4. The van der Waals surface area contributed by atoms with Gasteiger partial charge in [-0.2, -0.15) is 11.8 Å². The van der Waals surface area contributed by atoms with Gasteiger partial charge in [0.25, 0.3) is 5.91 Å². The number of nitrogens with one attached hydrogen (secondary N) is 1. The van der Waals surface area contributed by atoms with Gasteiger partial charge in [0.15, 0.2) is 0 Å². The zero-order valence-electron chi connectivity index (χ0n) is 15.7. The zero-order chi connectivity index (χ0) is 18.4. The minimum atomic E-state index is -0.0196. The average Bonchev–Trinajstić information content (AvgIpc) is 3.15. The third-order valence-electron chi connectivity index (χ3n) is 6.50. The monoisotopic (exact) mass is 402 g/mol. The van der Waals surface area contributed by atoms with E-state index in [1.54, 1.807) is 11.3 Å². The minimum absolute atomic E-state index is 0.0196. The summed E-state index contributed by atoms with van der Waals surface area (Å²) in [5.41, 5.74) is 1.82. The highest BCUT2D eigenvalue weighted by Gasteiger charge is 2.40. The first-order chi connectivity index (χ1) is 13.2. The van der Waals surface area contributed by atoms with Gasteiger partial charge in [-0.1, -0.05) is 0 Å². The number of piperidine rings is 3. The van der Waals surface area contributed by atoms with Gasteiger partial charge in [-0.25, -0.2) is 4.98 Å². The molecule has 5 nitrogen and oxygen atoms in total. The molecule has 4 saturated heterocycles. The van der Waals surface area contributed by atoms with Crippen LogP contribution in [-0.4, -0.2) is 65.6 Å². The number of pyridine rings is 1. The molecule has 4 fully saturated rings. The lowest BCUT2D eigenvalue weighted by atomic mass is 9.79. The van der Waals surface area contributed by atoms with Crippen molar-refractivity contribution in [3.05, 3.63) is 23.3 Å². The number of thiophene rings is 1. The summed E-state index contributed by atoms with van der Waals surface area (Å²) in [6.07, 6.45) is 4.27. The Hall–Kier alpha value is -1.31. The standard InChI is InChI=1S/C20H26N4OS2/c1-13-19(14-2-4-23(13)5-3-14)22-20(25)16-10-15-17(12-27-18(15)11-21-16)24-6-8-26-9-7-24/h10-14,19H,2-9H2,1H3,(H,22,25)/t13-,19+/m1/s1. The lowest BCUT2D eigenvalue weighted by Gasteiger charge is -2.49. The lowest BCUT2D eigenvalue weighted by Crippen LogP contribution is -2.62. The van der Waals surface area contributed by atoms with Gasteiger partial charge in [-0.3, -0.25) is 9.69 Å². The van der Waals surface area contributed by atoms with Crippen molar-refractivity contribution in [2.75, 3.05) is 42.6 Å². The largest absolute Gasteiger partial charge is 0.369 e. The molecular formula is C20H26N4OS2. The summed E-state index contributed by atoms with van der Waals surface area (Å²) in [6.45, 7) is 6.76. The number of carbonyl (C=O) groups excluding carboxylic acids is 1. The van der Waals surface area contributed by atoms with Gasteiger partial charge in [0.2, 0.25) is 0 Å². The predicted octanol–water partition coefficient (Wildman–Crippen LogP) is 3.06. The van der Waals surface area contributed by atoms with E-state index in [4.69, 9.17) is 0 Å². The van der Waals surface area contributed by atoms with Crippen LogP contribution in [0.1, 0.15) is 30.3 Å². The number of thioether (sulfide) groups is 1. The van der Waals surface area contributed by atoms with E-state index in [2.05, 4.69) is 32.4 Å². The van der Waals surface area contributed by atoms with Crippen LogP contribution in [0.4, 0.5) is 5.69 Å². The molecule has 4 aliphatic heterocycles. The first-order valence-corrected chi connectivity index (χ1v) is 12.0. The summed E-state index contributed by atoms with van der Waals surface area (Å²) < 4.78 is 1.16. The van der Waals surface area contributed by atoms with E-state index in [-0.39, 0.29) is 11.9 Å².